The van der Waals surface area contributed by atoms with Gasteiger partial charge in [-0.15, -0.1) is 0 Å². The Balaban J connectivity index is 1.91. The van der Waals surface area contributed by atoms with Crippen molar-refractivity contribution in [3.05, 3.63) is 0 Å². The SMILES string of the molecule is CC1CC(NC2(C(F)(F)F)CC2)CCO1. The molecule has 0 spiro atoms. The zero-order valence-electron chi connectivity index (χ0n) is 8.73. The summed E-state index contributed by atoms with van der Waals surface area (Å²) in [4.78, 5) is 0. The predicted octanol–water partition coefficient (Wildman–Crippen LogP) is 2.24. The van der Waals surface area contributed by atoms with E-state index in [2.05, 4.69) is 5.32 Å². The van der Waals surface area contributed by atoms with Gasteiger partial charge in [-0.3, -0.25) is 0 Å². The summed E-state index contributed by atoms with van der Waals surface area (Å²) in [5.41, 5.74) is -1.57. The Morgan fingerprint density at radius 3 is 2.47 bits per heavy atom. The standard InChI is InChI=1S/C10H16F3NO/c1-7-6-8(2-5-15-7)14-9(3-4-9)10(11,12)13/h7-8,14H,2-6H2,1H3. The first kappa shape index (κ1) is 11.2. The fourth-order valence-electron chi connectivity index (χ4n) is 2.15. The highest BCUT2D eigenvalue weighted by atomic mass is 19.4. The molecule has 88 valence electrons. The second-order valence-corrected chi connectivity index (χ2v) is 4.63. The van der Waals surface area contributed by atoms with E-state index >= 15 is 0 Å². The van der Waals surface area contributed by atoms with Gasteiger partial charge in [0.2, 0.25) is 0 Å². The van der Waals surface area contributed by atoms with Gasteiger partial charge in [-0.25, -0.2) is 0 Å². The molecule has 2 fully saturated rings. The lowest BCUT2D eigenvalue weighted by molar-refractivity contribution is -0.170. The summed E-state index contributed by atoms with van der Waals surface area (Å²) in [6.07, 6.45) is -2.22. The summed E-state index contributed by atoms with van der Waals surface area (Å²) in [5, 5.41) is 2.77. The third-order valence-corrected chi connectivity index (χ3v) is 3.26. The number of alkyl halides is 3. The lowest BCUT2D eigenvalue weighted by Gasteiger charge is -2.32. The highest BCUT2D eigenvalue weighted by Gasteiger charge is 2.63. The molecular formula is C10H16F3NO. The van der Waals surface area contributed by atoms with E-state index in [0.29, 0.717) is 19.4 Å². The van der Waals surface area contributed by atoms with Gasteiger partial charge in [-0.2, -0.15) is 13.2 Å². The maximum atomic E-state index is 12.7. The second-order valence-electron chi connectivity index (χ2n) is 4.63. The number of halogens is 3. The van der Waals surface area contributed by atoms with Gasteiger partial charge in [-0.05, 0) is 32.6 Å². The molecule has 0 radical (unpaired) electrons. The minimum absolute atomic E-state index is 0.0436. The largest absolute Gasteiger partial charge is 0.406 e. The molecule has 1 aliphatic heterocycles. The summed E-state index contributed by atoms with van der Waals surface area (Å²) < 4.78 is 43.3. The molecule has 0 amide bonds. The first-order valence-corrected chi connectivity index (χ1v) is 5.39. The molecule has 2 atom stereocenters. The molecule has 0 bridgehead atoms. The van der Waals surface area contributed by atoms with E-state index in [4.69, 9.17) is 4.74 Å². The highest BCUT2D eigenvalue weighted by Crippen LogP contribution is 2.49. The topological polar surface area (TPSA) is 21.3 Å². The van der Waals surface area contributed by atoms with Crippen molar-refractivity contribution in [2.75, 3.05) is 6.61 Å². The maximum absolute atomic E-state index is 12.7. The van der Waals surface area contributed by atoms with E-state index in [9.17, 15) is 13.2 Å². The predicted molar refractivity (Wildman–Crippen MR) is 49.6 cm³/mol. The average Bonchev–Trinajstić information content (AvgIpc) is 2.84. The lowest BCUT2D eigenvalue weighted by atomic mass is 10.0. The van der Waals surface area contributed by atoms with Crippen LogP contribution in [0.5, 0.6) is 0 Å². The van der Waals surface area contributed by atoms with Crippen LogP contribution in [0.4, 0.5) is 13.2 Å². The normalized spacial score (nSPS) is 35.2. The van der Waals surface area contributed by atoms with Crippen LogP contribution in [0, 0.1) is 0 Å². The van der Waals surface area contributed by atoms with Gasteiger partial charge in [0.25, 0.3) is 0 Å². The zero-order chi connectivity index (χ0) is 11.1. The second kappa shape index (κ2) is 3.63. The molecule has 0 aromatic heterocycles. The van der Waals surface area contributed by atoms with Crippen molar-refractivity contribution >= 4 is 0 Å². The van der Waals surface area contributed by atoms with E-state index in [0.717, 1.165) is 0 Å². The smallest absolute Gasteiger partial charge is 0.378 e. The maximum Gasteiger partial charge on any atom is 0.406 e. The van der Waals surface area contributed by atoms with Crippen molar-refractivity contribution in [3.63, 3.8) is 0 Å². The summed E-state index contributed by atoms with van der Waals surface area (Å²) in [7, 11) is 0. The molecule has 1 saturated heterocycles. The molecule has 15 heavy (non-hydrogen) atoms. The Bertz CT molecular complexity index is 237. The fourth-order valence-corrected chi connectivity index (χ4v) is 2.15. The van der Waals surface area contributed by atoms with Crippen molar-refractivity contribution in [2.24, 2.45) is 0 Å². The Morgan fingerprint density at radius 1 is 1.33 bits per heavy atom. The molecule has 0 aromatic carbocycles. The molecule has 2 rings (SSSR count). The van der Waals surface area contributed by atoms with Gasteiger partial charge in [0.15, 0.2) is 0 Å². The van der Waals surface area contributed by atoms with Gasteiger partial charge in [0.05, 0.1) is 6.10 Å². The molecule has 2 aliphatic rings. The summed E-state index contributed by atoms with van der Waals surface area (Å²) in [6.45, 7) is 2.47. The zero-order valence-corrected chi connectivity index (χ0v) is 8.73. The first-order chi connectivity index (χ1) is 6.93. The Labute approximate surface area is 87.2 Å². The van der Waals surface area contributed by atoms with Crippen LogP contribution in [0.25, 0.3) is 0 Å². The number of nitrogens with one attached hydrogen (secondary N) is 1. The van der Waals surface area contributed by atoms with Crippen molar-refractivity contribution in [3.8, 4) is 0 Å². The average molecular weight is 223 g/mol. The number of hydrogen-bond donors (Lipinski definition) is 1. The van der Waals surface area contributed by atoms with Gasteiger partial charge in [0, 0.05) is 12.6 Å². The van der Waals surface area contributed by atoms with Crippen molar-refractivity contribution in [1.29, 1.82) is 0 Å². The van der Waals surface area contributed by atoms with E-state index in [1.165, 1.54) is 0 Å². The van der Waals surface area contributed by atoms with E-state index < -0.39 is 11.7 Å². The molecule has 5 heteroatoms. The quantitative estimate of drug-likeness (QED) is 0.775. The third kappa shape index (κ3) is 2.28. The van der Waals surface area contributed by atoms with E-state index in [1.807, 2.05) is 6.92 Å². The highest BCUT2D eigenvalue weighted by molar-refractivity contribution is 5.09. The lowest BCUT2D eigenvalue weighted by Crippen LogP contribution is -2.52. The summed E-state index contributed by atoms with van der Waals surface area (Å²) in [5.74, 6) is 0. The van der Waals surface area contributed by atoms with Crippen molar-refractivity contribution in [1.82, 2.24) is 5.32 Å². The summed E-state index contributed by atoms with van der Waals surface area (Å²) >= 11 is 0. The van der Waals surface area contributed by atoms with Crippen LogP contribution in [-0.4, -0.2) is 30.5 Å². The minimum atomic E-state index is -4.10. The first-order valence-electron chi connectivity index (χ1n) is 5.39. The van der Waals surface area contributed by atoms with Gasteiger partial charge in [-0.1, -0.05) is 0 Å². The fraction of sp³-hybridized carbons (Fsp3) is 1.00. The van der Waals surface area contributed by atoms with Crippen LogP contribution in [-0.2, 0) is 4.74 Å². The summed E-state index contributed by atoms with van der Waals surface area (Å²) in [6, 6.07) is -0.0436. The van der Waals surface area contributed by atoms with Crippen LogP contribution >= 0.6 is 0 Å². The van der Waals surface area contributed by atoms with E-state index in [1.54, 1.807) is 0 Å². The van der Waals surface area contributed by atoms with E-state index in [-0.39, 0.29) is 25.0 Å². The molecule has 2 unspecified atom stereocenters. The molecule has 2 nitrogen and oxygen atoms in total. The molecule has 1 saturated carbocycles. The van der Waals surface area contributed by atoms with Gasteiger partial charge < -0.3 is 10.1 Å². The Hall–Kier alpha value is -0.290. The minimum Gasteiger partial charge on any atom is -0.378 e. The van der Waals surface area contributed by atoms with Crippen molar-refractivity contribution in [2.45, 2.75) is 56.5 Å². The Kier molecular flexibility index (Phi) is 2.71. The molecular weight excluding hydrogens is 207 g/mol. The van der Waals surface area contributed by atoms with Crippen LogP contribution in [0.15, 0.2) is 0 Å². The van der Waals surface area contributed by atoms with Gasteiger partial charge >= 0.3 is 6.18 Å². The number of hydrogen-bond acceptors (Lipinski definition) is 2. The van der Waals surface area contributed by atoms with Crippen molar-refractivity contribution < 1.29 is 17.9 Å². The van der Waals surface area contributed by atoms with Crippen LogP contribution in [0.1, 0.15) is 32.6 Å². The molecule has 1 heterocycles. The third-order valence-electron chi connectivity index (χ3n) is 3.26. The molecule has 0 aromatic rings. The van der Waals surface area contributed by atoms with Crippen LogP contribution < -0.4 is 5.32 Å². The molecule has 1 aliphatic carbocycles. The number of rotatable bonds is 2. The van der Waals surface area contributed by atoms with Gasteiger partial charge in [0.1, 0.15) is 5.54 Å². The molecule has 1 N–H and O–H groups in total. The van der Waals surface area contributed by atoms with Crippen LogP contribution in [0.2, 0.25) is 0 Å². The number of ether oxygens (including phenoxy) is 1. The van der Waals surface area contributed by atoms with Crippen LogP contribution in [0.3, 0.4) is 0 Å². The monoisotopic (exact) mass is 223 g/mol. The Morgan fingerprint density at radius 2 is 2.00 bits per heavy atom.